The lowest BCUT2D eigenvalue weighted by molar-refractivity contribution is -0.133. The fraction of sp³-hybridized carbons (Fsp3) is 0.353. The van der Waals surface area contributed by atoms with Gasteiger partial charge in [-0.15, -0.1) is 0 Å². The number of carbonyl (C=O) groups excluding carboxylic acids is 3. The van der Waals surface area contributed by atoms with Crippen molar-refractivity contribution in [1.29, 1.82) is 0 Å². The smallest absolute Gasteiger partial charge is 0.338 e. The Kier molecular flexibility index (Phi) is 6.99. The molecule has 0 aliphatic heterocycles. The van der Waals surface area contributed by atoms with Crippen LogP contribution in [0, 0.1) is 0 Å². The third-order valence-corrected chi connectivity index (χ3v) is 2.96. The molecule has 0 aliphatic carbocycles. The van der Waals surface area contributed by atoms with Gasteiger partial charge in [0.1, 0.15) is 0 Å². The minimum absolute atomic E-state index is 0.192. The number of rotatable bonds is 7. The molecule has 0 fully saturated rings. The van der Waals surface area contributed by atoms with Crippen molar-refractivity contribution < 1.29 is 19.1 Å². The standard InChI is InChI=1S/C17H22N2O4/c1-5-19(10-12(2)3)16(21)11-23-17(22)14-6-8-15(9-7-14)18-13(4)20/h6-9H,2,5,10-11H2,1,3-4H3,(H,18,20). The summed E-state index contributed by atoms with van der Waals surface area (Å²) in [5.41, 5.74) is 1.76. The third kappa shape index (κ3) is 6.34. The van der Waals surface area contributed by atoms with Crippen LogP contribution < -0.4 is 5.32 Å². The van der Waals surface area contributed by atoms with Gasteiger partial charge in [0, 0.05) is 25.7 Å². The highest BCUT2D eigenvalue weighted by molar-refractivity contribution is 5.93. The number of amides is 2. The van der Waals surface area contributed by atoms with Crippen LogP contribution in [-0.4, -0.2) is 42.4 Å². The summed E-state index contributed by atoms with van der Waals surface area (Å²) in [4.78, 5) is 36.4. The molecule has 6 nitrogen and oxygen atoms in total. The predicted octanol–water partition coefficient (Wildman–Crippen LogP) is 2.23. The number of esters is 1. The molecule has 2 amide bonds. The molecule has 0 aromatic heterocycles. The number of likely N-dealkylation sites (N-methyl/N-ethyl adjacent to an activating group) is 1. The lowest BCUT2D eigenvalue weighted by Gasteiger charge is -2.20. The number of nitrogens with zero attached hydrogens (tertiary/aromatic N) is 1. The van der Waals surface area contributed by atoms with Gasteiger partial charge in [0.05, 0.1) is 5.56 Å². The second kappa shape index (κ2) is 8.73. The molecule has 6 heteroatoms. The van der Waals surface area contributed by atoms with Gasteiger partial charge in [0.2, 0.25) is 5.91 Å². The number of anilines is 1. The zero-order valence-electron chi connectivity index (χ0n) is 13.7. The topological polar surface area (TPSA) is 75.7 Å². The maximum Gasteiger partial charge on any atom is 0.338 e. The van der Waals surface area contributed by atoms with E-state index in [1.54, 1.807) is 17.0 Å². The van der Waals surface area contributed by atoms with E-state index in [-0.39, 0.29) is 18.4 Å². The lowest BCUT2D eigenvalue weighted by atomic mass is 10.2. The van der Waals surface area contributed by atoms with Gasteiger partial charge in [-0.05, 0) is 38.1 Å². The molecule has 1 aromatic carbocycles. The van der Waals surface area contributed by atoms with Crippen LogP contribution in [0.2, 0.25) is 0 Å². The minimum Gasteiger partial charge on any atom is -0.452 e. The van der Waals surface area contributed by atoms with Gasteiger partial charge in [-0.25, -0.2) is 4.79 Å². The fourth-order valence-electron chi connectivity index (χ4n) is 1.90. The highest BCUT2D eigenvalue weighted by Crippen LogP contribution is 2.10. The van der Waals surface area contributed by atoms with Gasteiger partial charge in [0.15, 0.2) is 6.61 Å². The Morgan fingerprint density at radius 2 is 1.78 bits per heavy atom. The largest absolute Gasteiger partial charge is 0.452 e. The number of benzene rings is 1. The molecular weight excluding hydrogens is 296 g/mol. The zero-order chi connectivity index (χ0) is 17.4. The van der Waals surface area contributed by atoms with Crippen molar-refractivity contribution >= 4 is 23.5 Å². The Labute approximate surface area is 136 Å². The monoisotopic (exact) mass is 318 g/mol. The molecule has 0 spiro atoms. The number of ether oxygens (including phenoxy) is 1. The van der Waals surface area contributed by atoms with Gasteiger partial charge in [0.25, 0.3) is 5.91 Å². The molecule has 0 aliphatic rings. The first-order chi connectivity index (χ1) is 10.8. The normalized spacial score (nSPS) is 9.87. The maximum atomic E-state index is 12.0. The Morgan fingerprint density at radius 1 is 1.17 bits per heavy atom. The maximum absolute atomic E-state index is 12.0. The number of hydrogen-bond donors (Lipinski definition) is 1. The van der Waals surface area contributed by atoms with Crippen molar-refractivity contribution in [3.63, 3.8) is 0 Å². The van der Waals surface area contributed by atoms with Gasteiger partial charge >= 0.3 is 5.97 Å². The van der Waals surface area contributed by atoms with Crippen molar-refractivity contribution in [2.75, 3.05) is 25.0 Å². The Hall–Kier alpha value is -2.63. The van der Waals surface area contributed by atoms with E-state index >= 15 is 0 Å². The van der Waals surface area contributed by atoms with E-state index < -0.39 is 5.97 Å². The van der Waals surface area contributed by atoms with Crippen LogP contribution in [0.3, 0.4) is 0 Å². The molecule has 1 aromatic rings. The molecule has 1 N–H and O–H groups in total. The molecule has 124 valence electrons. The van der Waals surface area contributed by atoms with Crippen LogP contribution in [0.4, 0.5) is 5.69 Å². The molecule has 0 heterocycles. The summed E-state index contributed by atoms with van der Waals surface area (Å²) in [7, 11) is 0. The second-order valence-corrected chi connectivity index (χ2v) is 5.20. The van der Waals surface area contributed by atoms with E-state index in [1.807, 2.05) is 13.8 Å². The molecule has 0 radical (unpaired) electrons. The first-order valence-corrected chi connectivity index (χ1v) is 7.30. The summed E-state index contributed by atoms with van der Waals surface area (Å²) in [6.07, 6.45) is 0. The highest BCUT2D eigenvalue weighted by atomic mass is 16.5. The van der Waals surface area contributed by atoms with Crippen LogP contribution in [0.25, 0.3) is 0 Å². The molecule has 0 saturated heterocycles. The van der Waals surface area contributed by atoms with E-state index in [9.17, 15) is 14.4 Å². The van der Waals surface area contributed by atoms with Gasteiger partial charge < -0.3 is 15.0 Å². The van der Waals surface area contributed by atoms with Crippen molar-refractivity contribution in [3.8, 4) is 0 Å². The molecular formula is C17H22N2O4. The zero-order valence-corrected chi connectivity index (χ0v) is 13.7. The van der Waals surface area contributed by atoms with Crippen molar-refractivity contribution in [2.45, 2.75) is 20.8 Å². The summed E-state index contributed by atoms with van der Waals surface area (Å²) in [5, 5.41) is 2.60. The summed E-state index contributed by atoms with van der Waals surface area (Å²) in [5.74, 6) is -1.04. The first-order valence-electron chi connectivity index (χ1n) is 7.30. The van der Waals surface area contributed by atoms with E-state index in [0.29, 0.717) is 24.3 Å². The van der Waals surface area contributed by atoms with Crippen LogP contribution in [-0.2, 0) is 14.3 Å². The van der Waals surface area contributed by atoms with E-state index in [1.165, 1.54) is 19.1 Å². The lowest BCUT2D eigenvalue weighted by Crippen LogP contribution is -2.35. The molecule has 23 heavy (non-hydrogen) atoms. The highest BCUT2D eigenvalue weighted by Gasteiger charge is 2.15. The van der Waals surface area contributed by atoms with Crippen LogP contribution in [0.15, 0.2) is 36.4 Å². The minimum atomic E-state index is -0.584. The third-order valence-electron chi connectivity index (χ3n) is 2.96. The quantitative estimate of drug-likeness (QED) is 0.618. The van der Waals surface area contributed by atoms with Gasteiger partial charge in [-0.3, -0.25) is 9.59 Å². The summed E-state index contributed by atoms with van der Waals surface area (Å²) in [6.45, 7) is 9.50. The molecule has 0 unspecified atom stereocenters. The number of hydrogen-bond acceptors (Lipinski definition) is 4. The molecule has 1 rings (SSSR count). The summed E-state index contributed by atoms with van der Waals surface area (Å²) >= 11 is 0. The van der Waals surface area contributed by atoms with Crippen LogP contribution in [0.1, 0.15) is 31.1 Å². The fourth-order valence-corrected chi connectivity index (χ4v) is 1.90. The number of carbonyl (C=O) groups is 3. The van der Waals surface area contributed by atoms with Gasteiger partial charge in [-0.1, -0.05) is 12.2 Å². The second-order valence-electron chi connectivity index (χ2n) is 5.20. The Bertz CT molecular complexity index is 593. The predicted molar refractivity (Wildman–Crippen MR) is 88.1 cm³/mol. The van der Waals surface area contributed by atoms with E-state index in [2.05, 4.69) is 11.9 Å². The van der Waals surface area contributed by atoms with Crippen molar-refractivity contribution in [1.82, 2.24) is 4.90 Å². The van der Waals surface area contributed by atoms with Gasteiger partial charge in [-0.2, -0.15) is 0 Å². The average molecular weight is 318 g/mol. The Balaban J connectivity index is 2.57. The first kappa shape index (κ1) is 18.4. The SMILES string of the molecule is C=C(C)CN(CC)C(=O)COC(=O)c1ccc(NC(C)=O)cc1. The Morgan fingerprint density at radius 3 is 2.26 bits per heavy atom. The molecule has 0 atom stereocenters. The van der Waals surface area contributed by atoms with Crippen molar-refractivity contribution in [2.24, 2.45) is 0 Å². The average Bonchev–Trinajstić information content (AvgIpc) is 2.49. The summed E-state index contributed by atoms with van der Waals surface area (Å²) in [6, 6.07) is 6.26. The number of nitrogens with one attached hydrogen (secondary N) is 1. The van der Waals surface area contributed by atoms with E-state index in [4.69, 9.17) is 4.74 Å². The van der Waals surface area contributed by atoms with Crippen molar-refractivity contribution in [3.05, 3.63) is 42.0 Å². The molecule has 0 saturated carbocycles. The summed E-state index contributed by atoms with van der Waals surface area (Å²) < 4.78 is 5.03. The molecule has 0 bridgehead atoms. The van der Waals surface area contributed by atoms with E-state index in [0.717, 1.165) is 5.57 Å². The van der Waals surface area contributed by atoms with Crippen LogP contribution >= 0.6 is 0 Å². The van der Waals surface area contributed by atoms with Crippen LogP contribution in [0.5, 0.6) is 0 Å².